The van der Waals surface area contributed by atoms with Gasteiger partial charge in [-0.1, -0.05) is 43.3 Å². The zero-order chi connectivity index (χ0) is 22.1. The third-order valence-corrected chi connectivity index (χ3v) is 5.35. The zero-order valence-electron chi connectivity index (χ0n) is 17.6. The van der Waals surface area contributed by atoms with Crippen LogP contribution >= 0.6 is 0 Å². The number of carbonyl (C=O) groups is 2. The number of nitrogens with zero attached hydrogens (tertiary/aromatic N) is 3. The minimum absolute atomic E-state index is 0.0133. The molecular formula is C23H23FN4O3. The molecular weight excluding hydrogens is 399 g/mol. The molecule has 0 bridgehead atoms. The van der Waals surface area contributed by atoms with Crippen LogP contribution in [0, 0.1) is 18.7 Å². The van der Waals surface area contributed by atoms with Gasteiger partial charge in [0, 0.05) is 18.9 Å². The van der Waals surface area contributed by atoms with Crippen molar-refractivity contribution in [2.45, 2.75) is 33.1 Å². The van der Waals surface area contributed by atoms with E-state index in [-0.39, 0.29) is 36.4 Å². The van der Waals surface area contributed by atoms with Gasteiger partial charge in [-0.25, -0.2) is 4.39 Å². The summed E-state index contributed by atoms with van der Waals surface area (Å²) >= 11 is 0. The van der Waals surface area contributed by atoms with Crippen LogP contribution in [-0.4, -0.2) is 28.5 Å². The van der Waals surface area contributed by atoms with Gasteiger partial charge in [0.15, 0.2) is 5.82 Å². The molecule has 2 aromatic carbocycles. The Bertz CT molecular complexity index is 1140. The van der Waals surface area contributed by atoms with E-state index in [2.05, 4.69) is 15.5 Å². The summed E-state index contributed by atoms with van der Waals surface area (Å²) in [6, 6.07) is 11.6. The predicted octanol–water partition coefficient (Wildman–Crippen LogP) is 4.30. The first-order valence-corrected chi connectivity index (χ1v) is 10.1. The maximum Gasteiger partial charge on any atom is 0.260 e. The molecule has 0 radical (unpaired) electrons. The molecule has 160 valence electrons. The number of rotatable bonds is 5. The second-order valence-corrected chi connectivity index (χ2v) is 7.96. The topological polar surface area (TPSA) is 88.3 Å². The quantitative estimate of drug-likeness (QED) is 0.662. The lowest BCUT2D eigenvalue weighted by Crippen LogP contribution is -2.29. The number of aromatic nitrogens is 2. The first-order chi connectivity index (χ1) is 14.8. The molecule has 8 heteroatoms. The molecule has 0 spiro atoms. The Morgan fingerprint density at radius 2 is 2.00 bits per heavy atom. The van der Waals surface area contributed by atoms with Gasteiger partial charge in [-0.2, -0.15) is 4.98 Å². The fourth-order valence-electron chi connectivity index (χ4n) is 3.60. The van der Waals surface area contributed by atoms with E-state index >= 15 is 0 Å². The van der Waals surface area contributed by atoms with Gasteiger partial charge in [0.05, 0.1) is 22.9 Å². The van der Waals surface area contributed by atoms with Crippen molar-refractivity contribution in [3.05, 3.63) is 59.7 Å². The number of aryl methyl sites for hydroxylation is 1. The average Bonchev–Trinajstić information content (AvgIpc) is 3.37. The third kappa shape index (κ3) is 4.05. The number of para-hydroxylation sites is 2. The molecule has 2 heterocycles. The molecule has 1 aliphatic rings. The highest BCUT2D eigenvalue weighted by Crippen LogP contribution is 2.33. The molecule has 1 N–H and O–H groups in total. The highest BCUT2D eigenvalue weighted by Gasteiger charge is 2.36. The van der Waals surface area contributed by atoms with Crippen LogP contribution in [0.25, 0.3) is 11.5 Å². The molecule has 7 nitrogen and oxygen atoms in total. The number of hydrogen-bond donors (Lipinski definition) is 1. The largest absolute Gasteiger partial charge is 0.334 e. The van der Waals surface area contributed by atoms with E-state index in [1.54, 1.807) is 18.2 Å². The molecule has 4 rings (SSSR count). The van der Waals surface area contributed by atoms with Crippen molar-refractivity contribution in [2.75, 3.05) is 16.8 Å². The monoisotopic (exact) mass is 422 g/mol. The molecule has 1 atom stereocenters. The van der Waals surface area contributed by atoms with E-state index in [9.17, 15) is 14.0 Å². The van der Waals surface area contributed by atoms with Crippen LogP contribution in [0.15, 0.2) is 47.0 Å². The van der Waals surface area contributed by atoms with Crippen molar-refractivity contribution < 1.29 is 18.5 Å². The SMILES string of the molecule is Cc1cccc(-c2nc(C(C)C)no2)c1NC(=O)C1CC(=O)N(c2ccccc2F)C1. The number of anilines is 2. The fraction of sp³-hybridized carbons (Fsp3) is 0.304. The second kappa shape index (κ2) is 8.29. The predicted molar refractivity (Wildman–Crippen MR) is 114 cm³/mol. The number of carbonyl (C=O) groups excluding carboxylic acids is 2. The van der Waals surface area contributed by atoms with Crippen molar-refractivity contribution in [1.82, 2.24) is 10.1 Å². The Morgan fingerprint density at radius 1 is 1.23 bits per heavy atom. The molecule has 2 amide bonds. The van der Waals surface area contributed by atoms with Crippen LogP contribution in [0.3, 0.4) is 0 Å². The molecule has 3 aromatic rings. The van der Waals surface area contributed by atoms with Crippen LogP contribution in [0.5, 0.6) is 0 Å². The molecule has 0 aliphatic carbocycles. The van der Waals surface area contributed by atoms with Crippen molar-refractivity contribution in [1.29, 1.82) is 0 Å². The van der Waals surface area contributed by atoms with Gasteiger partial charge in [0.25, 0.3) is 5.89 Å². The van der Waals surface area contributed by atoms with Crippen LogP contribution in [0.4, 0.5) is 15.8 Å². The smallest absolute Gasteiger partial charge is 0.260 e. The standard InChI is InChI=1S/C23H23FN4O3/c1-13(2)21-26-23(31-27-21)16-8-6-7-14(3)20(16)25-22(30)15-11-19(29)28(12-15)18-10-5-4-9-17(18)24/h4-10,13,15H,11-12H2,1-3H3,(H,25,30). The number of halogens is 1. The first-order valence-electron chi connectivity index (χ1n) is 10.1. The van der Waals surface area contributed by atoms with E-state index in [1.165, 1.54) is 17.0 Å². The fourth-order valence-corrected chi connectivity index (χ4v) is 3.60. The Morgan fingerprint density at radius 3 is 2.71 bits per heavy atom. The van der Waals surface area contributed by atoms with E-state index in [1.807, 2.05) is 32.9 Å². The molecule has 1 aliphatic heterocycles. The Kier molecular flexibility index (Phi) is 5.54. The highest BCUT2D eigenvalue weighted by molar-refractivity contribution is 6.04. The van der Waals surface area contributed by atoms with Gasteiger partial charge >= 0.3 is 0 Å². The summed E-state index contributed by atoms with van der Waals surface area (Å²) in [7, 11) is 0. The molecule has 1 unspecified atom stereocenters. The molecule has 0 saturated carbocycles. The van der Waals surface area contributed by atoms with E-state index < -0.39 is 11.7 Å². The van der Waals surface area contributed by atoms with Crippen molar-refractivity contribution >= 4 is 23.2 Å². The summed E-state index contributed by atoms with van der Waals surface area (Å²) in [4.78, 5) is 31.2. The van der Waals surface area contributed by atoms with Crippen LogP contribution in [0.2, 0.25) is 0 Å². The summed E-state index contributed by atoms with van der Waals surface area (Å²) in [5, 5.41) is 6.92. The summed E-state index contributed by atoms with van der Waals surface area (Å²) < 4.78 is 19.5. The van der Waals surface area contributed by atoms with Gasteiger partial charge in [0.2, 0.25) is 11.8 Å². The molecule has 31 heavy (non-hydrogen) atoms. The van der Waals surface area contributed by atoms with Crippen LogP contribution in [-0.2, 0) is 9.59 Å². The lowest BCUT2D eigenvalue weighted by Gasteiger charge is -2.18. The summed E-state index contributed by atoms with van der Waals surface area (Å²) in [6.07, 6.45) is 0.0133. The van der Waals surface area contributed by atoms with Gasteiger partial charge in [-0.15, -0.1) is 0 Å². The summed E-state index contributed by atoms with van der Waals surface area (Å²) in [5.41, 5.74) is 2.18. The molecule has 1 aromatic heterocycles. The van der Waals surface area contributed by atoms with E-state index in [0.29, 0.717) is 23.0 Å². The van der Waals surface area contributed by atoms with Crippen molar-refractivity contribution in [3.8, 4) is 11.5 Å². The Labute approximate surface area is 179 Å². The average molecular weight is 422 g/mol. The van der Waals surface area contributed by atoms with Gasteiger partial charge in [-0.3, -0.25) is 9.59 Å². The van der Waals surface area contributed by atoms with Crippen molar-refractivity contribution in [3.63, 3.8) is 0 Å². The highest BCUT2D eigenvalue weighted by atomic mass is 19.1. The molecule has 1 fully saturated rings. The lowest BCUT2D eigenvalue weighted by molar-refractivity contribution is -0.122. The Hall–Kier alpha value is -3.55. The summed E-state index contributed by atoms with van der Waals surface area (Å²) in [5.74, 6) is -0.688. The van der Waals surface area contributed by atoms with Crippen LogP contribution in [0.1, 0.15) is 37.6 Å². The zero-order valence-corrected chi connectivity index (χ0v) is 17.6. The van der Waals surface area contributed by atoms with Gasteiger partial charge < -0.3 is 14.7 Å². The number of benzene rings is 2. The number of hydrogen-bond acceptors (Lipinski definition) is 5. The summed E-state index contributed by atoms with van der Waals surface area (Å²) in [6.45, 7) is 5.91. The molecule has 1 saturated heterocycles. The lowest BCUT2D eigenvalue weighted by atomic mass is 10.0. The minimum Gasteiger partial charge on any atom is -0.334 e. The van der Waals surface area contributed by atoms with E-state index in [4.69, 9.17) is 4.52 Å². The maximum atomic E-state index is 14.1. The second-order valence-electron chi connectivity index (χ2n) is 7.96. The van der Waals surface area contributed by atoms with Gasteiger partial charge in [-0.05, 0) is 30.7 Å². The normalized spacial score (nSPS) is 16.2. The van der Waals surface area contributed by atoms with E-state index in [0.717, 1.165) is 5.56 Å². The van der Waals surface area contributed by atoms with Crippen molar-refractivity contribution in [2.24, 2.45) is 5.92 Å². The number of nitrogens with one attached hydrogen (secondary N) is 1. The van der Waals surface area contributed by atoms with Gasteiger partial charge in [0.1, 0.15) is 5.82 Å². The third-order valence-electron chi connectivity index (χ3n) is 5.35. The van der Waals surface area contributed by atoms with Crippen LogP contribution < -0.4 is 10.2 Å². The minimum atomic E-state index is -0.603. The Balaban J connectivity index is 1.57. The maximum absolute atomic E-state index is 14.1. The first kappa shape index (κ1) is 20.7. The number of amides is 2.